The highest BCUT2D eigenvalue weighted by Gasteiger charge is 2.21. The molecule has 1 N–H and O–H groups in total. The van der Waals surface area contributed by atoms with Gasteiger partial charge in [0.25, 0.3) is 0 Å². The lowest BCUT2D eigenvalue weighted by Gasteiger charge is -2.27. The highest BCUT2D eigenvalue weighted by molar-refractivity contribution is 6.04. The van der Waals surface area contributed by atoms with E-state index in [1.165, 1.54) is 6.08 Å². The minimum Gasteiger partial charge on any atom is -0.483 e. The van der Waals surface area contributed by atoms with Gasteiger partial charge in [-0.1, -0.05) is 18.2 Å². The summed E-state index contributed by atoms with van der Waals surface area (Å²) in [5.74, 6) is 1.18. The number of hydrogen-bond acceptors (Lipinski definition) is 4. The van der Waals surface area contributed by atoms with Gasteiger partial charge in [-0.05, 0) is 55.8 Å². The fraction of sp³-hybridized carbons (Fsp3) is 0.211. The van der Waals surface area contributed by atoms with Crippen LogP contribution in [-0.2, 0) is 6.61 Å². The van der Waals surface area contributed by atoms with E-state index in [2.05, 4.69) is 0 Å². The average Bonchev–Trinajstić information content (AvgIpc) is 3.01. The van der Waals surface area contributed by atoms with Crippen LogP contribution in [0.1, 0.15) is 41.3 Å². The number of carbonyl (C=O) groups is 1. The molecule has 23 heavy (non-hydrogen) atoms. The standard InChI is InChI=1S/C19H18O4/c1-19(2)10-9-14-11-13(4-7-17(14)23-19)3-6-16(21)18-8-5-15(12-20)22-18/h3-11,20H,12H2,1-2H3. The van der Waals surface area contributed by atoms with Gasteiger partial charge < -0.3 is 14.3 Å². The molecule has 2 aromatic rings. The zero-order chi connectivity index (χ0) is 16.4. The zero-order valence-electron chi connectivity index (χ0n) is 13.1. The SMILES string of the molecule is CC1(C)C=Cc2cc(C=CC(=O)c3ccc(CO)o3)ccc2O1. The maximum absolute atomic E-state index is 12.0. The Hall–Kier alpha value is -2.59. The number of furan rings is 1. The van der Waals surface area contributed by atoms with E-state index < -0.39 is 0 Å². The second kappa shape index (κ2) is 5.89. The number of fused-ring (bicyclic) bond motifs is 1. The molecule has 0 saturated heterocycles. The third-order valence-corrected chi connectivity index (χ3v) is 3.56. The van der Waals surface area contributed by atoms with Crippen molar-refractivity contribution >= 4 is 17.9 Å². The molecule has 1 aromatic heterocycles. The Kier molecular flexibility index (Phi) is 3.92. The number of aliphatic hydroxyl groups is 1. The van der Waals surface area contributed by atoms with Crippen molar-refractivity contribution in [2.75, 3.05) is 0 Å². The van der Waals surface area contributed by atoms with E-state index in [0.717, 1.165) is 16.9 Å². The van der Waals surface area contributed by atoms with Crippen LogP contribution in [0.2, 0.25) is 0 Å². The van der Waals surface area contributed by atoms with Gasteiger partial charge in [-0.2, -0.15) is 0 Å². The van der Waals surface area contributed by atoms with Gasteiger partial charge in [0.2, 0.25) is 5.78 Å². The zero-order valence-corrected chi connectivity index (χ0v) is 13.1. The van der Waals surface area contributed by atoms with E-state index in [4.69, 9.17) is 14.3 Å². The summed E-state index contributed by atoms with van der Waals surface area (Å²) in [6, 6.07) is 8.92. The van der Waals surface area contributed by atoms with Crippen LogP contribution in [-0.4, -0.2) is 16.5 Å². The number of ether oxygens (including phenoxy) is 1. The first kappa shape index (κ1) is 15.3. The average molecular weight is 310 g/mol. The Morgan fingerprint density at radius 3 is 2.83 bits per heavy atom. The van der Waals surface area contributed by atoms with Gasteiger partial charge in [0.05, 0.1) is 0 Å². The van der Waals surface area contributed by atoms with Crippen molar-refractivity contribution in [3.8, 4) is 5.75 Å². The molecular formula is C19H18O4. The van der Waals surface area contributed by atoms with Gasteiger partial charge in [-0.25, -0.2) is 0 Å². The second-order valence-electron chi connectivity index (χ2n) is 5.96. The first-order chi connectivity index (χ1) is 11.0. The second-order valence-corrected chi connectivity index (χ2v) is 5.96. The summed E-state index contributed by atoms with van der Waals surface area (Å²) in [7, 11) is 0. The first-order valence-corrected chi connectivity index (χ1v) is 7.41. The lowest BCUT2D eigenvalue weighted by molar-refractivity contribution is 0.101. The largest absolute Gasteiger partial charge is 0.483 e. The Morgan fingerprint density at radius 1 is 1.26 bits per heavy atom. The van der Waals surface area contributed by atoms with E-state index in [9.17, 15) is 4.79 Å². The summed E-state index contributed by atoms with van der Waals surface area (Å²) in [5.41, 5.74) is 1.59. The molecule has 2 heterocycles. The van der Waals surface area contributed by atoms with E-state index in [1.54, 1.807) is 18.2 Å². The van der Waals surface area contributed by atoms with Crippen molar-refractivity contribution in [1.82, 2.24) is 0 Å². The molecule has 118 valence electrons. The predicted molar refractivity (Wildman–Crippen MR) is 88.2 cm³/mol. The number of rotatable bonds is 4. The molecule has 1 aliphatic heterocycles. The smallest absolute Gasteiger partial charge is 0.221 e. The maximum Gasteiger partial charge on any atom is 0.221 e. The number of allylic oxidation sites excluding steroid dienone is 1. The highest BCUT2D eigenvalue weighted by atomic mass is 16.5. The molecule has 1 aliphatic rings. The molecule has 0 aliphatic carbocycles. The van der Waals surface area contributed by atoms with Crippen LogP contribution < -0.4 is 4.74 Å². The van der Waals surface area contributed by atoms with Gasteiger partial charge >= 0.3 is 0 Å². The topological polar surface area (TPSA) is 59.7 Å². The molecule has 0 fully saturated rings. The highest BCUT2D eigenvalue weighted by Crippen LogP contribution is 2.31. The third-order valence-electron chi connectivity index (χ3n) is 3.56. The molecule has 4 nitrogen and oxygen atoms in total. The Balaban J connectivity index is 1.77. The third kappa shape index (κ3) is 3.43. The molecule has 0 amide bonds. The summed E-state index contributed by atoms with van der Waals surface area (Å²) < 4.78 is 11.1. The van der Waals surface area contributed by atoms with Crippen LogP contribution in [0.4, 0.5) is 0 Å². The van der Waals surface area contributed by atoms with Gasteiger partial charge in [-0.3, -0.25) is 4.79 Å². The summed E-state index contributed by atoms with van der Waals surface area (Å²) >= 11 is 0. The summed E-state index contributed by atoms with van der Waals surface area (Å²) in [4.78, 5) is 12.0. The minimum atomic E-state index is -0.302. The number of ketones is 1. The maximum atomic E-state index is 12.0. The van der Waals surface area contributed by atoms with Crippen LogP contribution in [0, 0.1) is 0 Å². The monoisotopic (exact) mass is 310 g/mol. The quantitative estimate of drug-likeness (QED) is 0.688. The number of aliphatic hydroxyl groups excluding tert-OH is 1. The van der Waals surface area contributed by atoms with Gasteiger partial charge in [0, 0.05) is 5.56 Å². The molecule has 0 bridgehead atoms. The fourth-order valence-electron chi connectivity index (χ4n) is 2.35. The van der Waals surface area contributed by atoms with E-state index in [-0.39, 0.29) is 23.8 Å². The Morgan fingerprint density at radius 2 is 2.09 bits per heavy atom. The number of hydrogen-bond donors (Lipinski definition) is 1. The van der Waals surface area contributed by atoms with Gasteiger partial charge in [0.1, 0.15) is 23.7 Å². The van der Waals surface area contributed by atoms with E-state index in [0.29, 0.717) is 5.76 Å². The Labute approximate surface area is 134 Å². The van der Waals surface area contributed by atoms with Crippen molar-refractivity contribution in [2.45, 2.75) is 26.1 Å². The molecule has 1 aromatic carbocycles. The van der Waals surface area contributed by atoms with Gasteiger partial charge in [0.15, 0.2) is 5.76 Å². The molecule has 4 heteroatoms. The fourth-order valence-corrected chi connectivity index (χ4v) is 2.35. The summed E-state index contributed by atoms with van der Waals surface area (Å²) in [6.07, 6.45) is 7.22. The Bertz CT molecular complexity index is 793. The molecule has 3 rings (SSSR count). The lowest BCUT2D eigenvalue weighted by atomic mass is 10.0. The van der Waals surface area contributed by atoms with Crippen LogP contribution in [0.5, 0.6) is 5.75 Å². The van der Waals surface area contributed by atoms with E-state index >= 15 is 0 Å². The number of benzene rings is 1. The molecule has 0 saturated carbocycles. The summed E-state index contributed by atoms with van der Waals surface area (Å²) in [5, 5.41) is 8.95. The van der Waals surface area contributed by atoms with Crippen molar-refractivity contribution < 1.29 is 19.1 Å². The van der Waals surface area contributed by atoms with Gasteiger partial charge in [-0.15, -0.1) is 0 Å². The minimum absolute atomic E-state index is 0.216. The first-order valence-electron chi connectivity index (χ1n) is 7.41. The van der Waals surface area contributed by atoms with Crippen LogP contribution >= 0.6 is 0 Å². The summed E-state index contributed by atoms with van der Waals surface area (Å²) in [6.45, 7) is 3.79. The van der Waals surface area contributed by atoms with Crippen molar-refractivity contribution in [1.29, 1.82) is 0 Å². The van der Waals surface area contributed by atoms with Crippen LogP contribution in [0.15, 0.2) is 46.9 Å². The normalized spacial score (nSPS) is 15.4. The molecular weight excluding hydrogens is 292 g/mol. The molecule has 0 spiro atoms. The lowest BCUT2D eigenvalue weighted by Crippen LogP contribution is -2.27. The molecule has 0 atom stereocenters. The predicted octanol–water partition coefficient (Wildman–Crippen LogP) is 3.85. The van der Waals surface area contributed by atoms with Crippen LogP contribution in [0.3, 0.4) is 0 Å². The van der Waals surface area contributed by atoms with Crippen molar-refractivity contribution in [3.63, 3.8) is 0 Å². The van der Waals surface area contributed by atoms with E-state index in [1.807, 2.05) is 44.2 Å². The van der Waals surface area contributed by atoms with Crippen molar-refractivity contribution in [3.05, 3.63) is 65.1 Å². The molecule has 0 unspecified atom stereocenters. The van der Waals surface area contributed by atoms with Crippen molar-refractivity contribution in [2.24, 2.45) is 0 Å². The number of carbonyl (C=O) groups excluding carboxylic acids is 1. The molecule has 0 radical (unpaired) electrons. The van der Waals surface area contributed by atoms with Crippen LogP contribution in [0.25, 0.3) is 12.2 Å².